The van der Waals surface area contributed by atoms with Crippen LogP contribution in [-0.4, -0.2) is 37.0 Å². The molecule has 0 aromatic carbocycles. The Hall–Kier alpha value is -0.830. The molecule has 1 amide bonds. The fraction of sp³-hybridized carbons (Fsp3) is 0.800. The molecule has 2 aliphatic rings. The summed E-state index contributed by atoms with van der Waals surface area (Å²) >= 11 is 0. The summed E-state index contributed by atoms with van der Waals surface area (Å²) in [4.78, 5) is 14.2. The van der Waals surface area contributed by atoms with Gasteiger partial charge in [-0.15, -0.1) is 0 Å². The molecule has 3 heteroatoms. The molecule has 2 heterocycles. The highest BCUT2D eigenvalue weighted by atomic mass is 16.2. The lowest BCUT2D eigenvalue weighted by atomic mass is 9.83. The lowest BCUT2D eigenvalue weighted by Gasteiger charge is -2.32. The van der Waals surface area contributed by atoms with Crippen molar-refractivity contribution < 1.29 is 4.79 Å². The molecular formula is C15H26N2O. The first kappa shape index (κ1) is 13.6. The van der Waals surface area contributed by atoms with Crippen molar-refractivity contribution in [3.8, 4) is 0 Å². The van der Waals surface area contributed by atoms with Crippen LogP contribution in [0.5, 0.6) is 0 Å². The van der Waals surface area contributed by atoms with Crippen LogP contribution in [0.4, 0.5) is 0 Å². The van der Waals surface area contributed by atoms with Crippen LogP contribution < -0.4 is 5.32 Å². The molecule has 18 heavy (non-hydrogen) atoms. The predicted molar refractivity (Wildman–Crippen MR) is 74.3 cm³/mol. The van der Waals surface area contributed by atoms with E-state index in [2.05, 4.69) is 32.2 Å². The van der Waals surface area contributed by atoms with Gasteiger partial charge in [0.05, 0.1) is 0 Å². The molecule has 1 saturated heterocycles. The lowest BCUT2D eigenvalue weighted by Crippen LogP contribution is -2.37. The Morgan fingerprint density at radius 3 is 2.78 bits per heavy atom. The molecule has 0 bridgehead atoms. The summed E-state index contributed by atoms with van der Waals surface area (Å²) in [5.74, 6) is 0.901. The van der Waals surface area contributed by atoms with E-state index in [4.69, 9.17) is 0 Å². The largest absolute Gasteiger partial charge is 0.339 e. The van der Waals surface area contributed by atoms with Crippen LogP contribution in [0.2, 0.25) is 0 Å². The van der Waals surface area contributed by atoms with Crippen LogP contribution in [0.15, 0.2) is 11.6 Å². The molecule has 102 valence electrons. The smallest absolute Gasteiger partial charge is 0.223 e. The third kappa shape index (κ3) is 3.35. The van der Waals surface area contributed by atoms with Gasteiger partial charge in [-0.3, -0.25) is 4.79 Å². The van der Waals surface area contributed by atoms with Crippen LogP contribution in [0, 0.1) is 11.3 Å². The van der Waals surface area contributed by atoms with Crippen molar-refractivity contribution in [3.05, 3.63) is 11.6 Å². The Balaban J connectivity index is 1.85. The summed E-state index contributed by atoms with van der Waals surface area (Å²) in [7, 11) is 0. The molecule has 0 aromatic rings. The van der Waals surface area contributed by atoms with E-state index in [1.54, 1.807) is 0 Å². The van der Waals surface area contributed by atoms with E-state index >= 15 is 0 Å². The molecule has 0 saturated carbocycles. The summed E-state index contributed by atoms with van der Waals surface area (Å²) < 4.78 is 0. The molecular weight excluding hydrogens is 224 g/mol. The second-order valence-corrected chi connectivity index (χ2v) is 6.63. The number of carbonyl (C=O) groups excluding carboxylic acids is 1. The van der Waals surface area contributed by atoms with Crippen LogP contribution >= 0.6 is 0 Å². The first-order chi connectivity index (χ1) is 8.47. The Morgan fingerprint density at radius 2 is 2.28 bits per heavy atom. The minimum Gasteiger partial charge on any atom is -0.339 e. The van der Waals surface area contributed by atoms with Crippen molar-refractivity contribution in [3.63, 3.8) is 0 Å². The van der Waals surface area contributed by atoms with Gasteiger partial charge in [-0.05, 0) is 37.3 Å². The Morgan fingerprint density at radius 1 is 1.50 bits per heavy atom. The van der Waals surface area contributed by atoms with Crippen molar-refractivity contribution in [1.82, 2.24) is 10.2 Å². The van der Waals surface area contributed by atoms with Crippen LogP contribution in [0.3, 0.4) is 0 Å². The zero-order chi connectivity index (χ0) is 13.2. The number of amides is 1. The van der Waals surface area contributed by atoms with Gasteiger partial charge >= 0.3 is 0 Å². The zero-order valence-electron chi connectivity index (χ0n) is 12.0. The van der Waals surface area contributed by atoms with Gasteiger partial charge in [0.2, 0.25) is 5.91 Å². The van der Waals surface area contributed by atoms with Gasteiger partial charge in [-0.2, -0.15) is 0 Å². The topological polar surface area (TPSA) is 32.3 Å². The van der Waals surface area contributed by atoms with E-state index in [1.807, 2.05) is 4.90 Å². The number of hydrogen-bond acceptors (Lipinski definition) is 2. The highest BCUT2D eigenvalue weighted by Crippen LogP contribution is 2.30. The summed E-state index contributed by atoms with van der Waals surface area (Å²) in [5, 5.41) is 3.32. The average molecular weight is 250 g/mol. The molecule has 0 aliphatic carbocycles. The lowest BCUT2D eigenvalue weighted by molar-refractivity contribution is -0.131. The monoisotopic (exact) mass is 250 g/mol. The molecule has 1 fully saturated rings. The fourth-order valence-corrected chi connectivity index (χ4v) is 2.84. The summed E-state index contributed by atoms with van der Waals surface area (Å²) in [6, 6.07) is 0. The van der Waals surface area contributed by atoms with Crippen molar-refractivity contribution in [2.45, 2.75) is 40.0 Å². The highest BCUT2D eigenvalue weighted by Gasteiger charge is 2.25. The molecule has 1 N–H and O–H groups in total. The van der Waals surface area contributed by atoms with Gasteiger partial charge in [0, 0.05) is 19.5 Å². The molecule has 0 spiro atoms. The van der Waals surface area contributed by atoms with Gasteiger partial charge in [-0.25, -0.2) is 0 Å². The van der Waals surface area contributed by atoms with Gasteiger partial charge in [-0.1, -0.05) is 32.4 Å². The Kier molecular flexibility index (Phi) is 4.10. The van der Waals surface area contributed by atoms with E-state index in [9.17, 15) is 4.79 Å². The molecule has 1 atom stereocenters. The third-order valence-electron chi connectivity index (χ3n) is 4.15. The minimum absolute atomic E-state index is 0.254. The predicted octanol–water partition coefficient (Wildman–Crippen LogP) is 2.19. The van der Waals surface area contributed by atoms with Crippen molar-refractivity contribution >= 4 is 5.91 Å². The number of nitrogens with zero attached hydrogens (tertiary/aromatic N) is 1. The summed E-state index contributed by atoms with van der Waals surface area (Å²) in [6.45, 7) is 10.6. The molecule has 3 nitrogen and oxygen atoms in total. The molecule has 2 rings (SSSR count). The molecule has 0 aromatic heterocycles. The normalized spacial score (nSPS) is 25.2. The Labute approximate surface area is 111 Å². The maximum Gasteiger partial charge on any atom is 0.223 e. The van der Waals surface area contributed by atoms with Crippen LogP contribution in [0.25, 0.3) is 0 Å². The number of hydrogen-bond donors (Lipinski definition) is 1. The maximum atomic E-state index is 12.2. The van der Waals surface area contributed by atoms with Crippen molar-refractivity contribution in [2.24, 2.45) is 11.3 Å². The number of carbonyl (C=O) groups is 1. The number of rotatable bonds is 2. The standard InChI is InChI=1S/C15H26N2O/c1-15(2,3)13-5-8-17(9-6-13)14(18)10-12-4-7-16-11-12/h5,12,16H,4,6-11H2,1-3H3. The van der Waals surface area contributed by atoms with Gasteiger partial charge < -0.3 is 10.2 Å². The molecule has 1 unspecified atom stereocenters. The van der Waals surface area contributed by atoms with Crippen LogP contribution in [0.1, 0.15) is 40.0 Å². The fourth-order valence-electron chi connectivity index (χ4n) is 2.84. The Bertz CT molecular complexity index is 335. The minimum atomic E-state index is 0.254. The first-order valence-corrected chi connectivity index (χ1v) is 7.15. The summed E-state index contributed by atoms with van der Waals surface area (Å²) in [5.41, 5.74) is 1.75. The maximum absolute atomic E-state index is 12.2. The van der Waals surface area contributed by atoms with Crippen molar-refractivity contribution in [1.29, 1.82) is 0 Å². The van der Waals surface area contributed by atoms with Gasteiger partial charge in [0.25, 0.3) is 0 Å². The zero-order valence-corrected chi connectivity index (χ0v) is 12.0. The SMILES string of the molecule is CC(C)(C)C1=CCN(C(=O)CC2CCNC2)CC1. The van der Waals surface area contributed by atoms with Crippen LogP contribution in [-0.2, 0) is 4.79 Å². The van der Waals surface area contributed by atoms with Gasteiger partial charge in [0.15, 0.2) is 0 Å². The number of nitrogens with one attached hydrogen (secondary N) is 1. The van der Waals surface area contributed by atoms with E-state index < -0.39 is 0 Å². The average Bonchev–Trinajstić information content (AvgIpc) is 2.81. The molecule has 0 radical (unpaired) electrons. The molecule has 2 aliphatic heterocycles. The summed E-state index contributed by atoms with van der Waals surface area (Å²) in [6.07, 6.45) is 5.18. The van der Waals surface area contributed by atoms with E-state index in [-0.39, 0.29) is 5.41 Å². The third-order valence-corrected chi connectivity index (χ3v) is 4.15. The van der Waals surface area contributed by atoms with Crippen molar-refractivity contribution in [2.75, 3.05) is 26.2 Å². The highest BCUT2D eigenvalue weighted by molar-refractivity contribution is 5.77. The van der Waals surface area contributed by atoms with E-state index in [0.717, 1.165) is 45.4 Å². The quantitative estimate of drug-likeness (QED) is 0.762. The second-order valence-electron chi connectivity index (χ2n) is 6.63. The van der Waals surface area contributed by atoms with Gasteiger partial charge in [0.1, 0.15) is 0 Å². The van der Waals surface area contributed by atoms with E-state index in [1.165, 1.54) is 5.57 Å². The first-order valence-electron chi connectivity index (χ1n) is 7.15. The van der Waals surface area contributed by atoms with E-state index in [0.29, 0.717) is 11.8 Å². The second kappa shape index (κ2) is 5.43.